The highest BCUT2D eigenvalue weighted by Crippen LogP contribution is 2.36. The van der Waals surface area contributed by atoms with Crippen LogP contribution in [0.1, 0.15) is 32.0 Å². The third kappa shape index (κ3) is 2.25. The van der Waals surface area contributed by atoms with Crippen LogP contribution in [0, 0.1) is 0 Å². The zero-order valence-electron chi connectivity index (χ0n) is 14.1. The van der Waals surface area contributed by atoms with Crippen molar-refractivity contribution in [2.24, 2.45) is 7.05 Å². The van der Waals surface area contributed by atoms with E-state index in [0.717, 1.165) is 23.3 Å². The molecule has 0 amide bonds. The largest absolute Gasteiger partial charge is 0.381 e. The molecular weight excluding hydrogens is 306 g/mol. The summed E-state index contributed by atoms with van der Waals surface area (Å²) in [7, 11) is 1.88. The maximum Gasteiger partial charge on any atom is 0.159 e. The number of hydrogen-bond donors (Lipinski definition) is 1. The lowest BCUT2D eigenvalue weighted by Crippen LogP contribution is -2.31. The number of aliphatic hydroxyl groups is 1. The van der Waals surface area contributed by atoms with Crippen LogP contribution in [-0.4, -0.2) is 48.0 Å². The molecular formula is C16H21N7O. The molecule has 24 heavy (non-hydrogen) atoms. The predicted octanol–water partition coefficient (Wildman–Crippen LogP) is 1.24. The Kier molecular flexibility index (Phi) is 3.31. The summed E-state index contributed by atoms with van der Waals surface area (Å²) >= 11 is 0. The van der Waals surface area contributed by atoms with Crippen molar-refractivity contribution in [3.8, 4) is 0 Å². The Labute approximate surface area is 139 Å². The van der Waals surface area contributed by atoms with Crippen molar-refractivity contribution in [1.29, 1.82) is 0 Å². The highest BCUT2D eigenvalue weighted by atomic mass is 16.3. The van der Waals surface area contributed by atoms with Crippen molar-refractivity contribution in [3.63, 3.8) is 0 Å². The van der Waals surface area contributed by atoms with E-state index >= 15 is 0 Å². The molecule has 126 valence electrons. The van der Waals surface area contributed by atoms with Gasteiger partial charge >= 0.3 is 0 Å². The lowest BCUT2D eigenvalue weighted by Gasteiger charge is -2.22. The first-order valence-electron chi connectivity index (χ1n) is 8.14. The smallest absolute Gasteiger partial charge is 0.159 e. The third-order valence-electron chi connectivity index (χ3n) is 4.72. The van der Waals surface area contributed by atoms with E-state index in [1.807, 2.05) is 39.4 Å². The van der Waals surface area contributed by atoms with Gasteiger partial charge in [0, 0.05) is 32.3 Å². The number of hydrogen-bond acceptors (Lipinski definition) is 6. The van der Waals surface area contributed by atoms with Crippen LogP contribution in [0.15, 0.2) is 24.7 Å². The van der Waals surface area contributed by atoms with Gasteiger partial charge in [-0.25, -0.2) is 9.67 Å². The fraction of sp³-hybridized carbons (Fsp3) is 0.500. The van der Waals surface area contributed by atoms with Gasteiger partial charge in [0.05, 0.1) is 30.0 Å². The number of anilines is 1. The Morgan fingerprint density at radius 3 is 2.92 bits per heavy atom. The van der Waals surface area contributed by atoms with Crippen LogP contribution in [0.3, 0.4) is 0 Å². The SMILES string of the molecule is CC(C)n1cc([C@@]2(O)CCN(c3ccnc4c3cnn4C)C2)nn1. The standard InChI is InChI=1S/C16H21N7O/c1-11(2)23-9-14(19-20-23)16(24)5-7-22(10-16)13-4-6-17-15-12(13)8-18-21(15)3/h4,6,8-9,11,24H,5,7,10H2,1-3H3/t16-/m1/s1. The maximum absolute atomic E-state index is 11.1. The molecule has 4 rings (SSSR count). The van der Waals surface area contributed by atoms with Crippen molar-refractivity contribution in [2.75, 3.05) is 18.0 Å². The third-order valence-corrected chi connectivity index (χ3v) is 4.72. The monoisotopic (exact) mass is 327 g/mol. The topological polar surface area (TPSA) is 84.9 Å². The van der Waals surface area contributed by atoms with Gasteiger partial charge in [-0.15, -0.1) is 5.10 Å². The zero-order chi connectivity index (χ0) is 16.9. The first kappa shape index (κ1) is 15.1. The minimum absolute atomic E-state index is 0.225. The van der Waals surface area contributed by atoms with Crippen LogP contribution in [0.2, 0.25) is 0 Å². The van der Waals surface area contributed by atoms with Crippen LogP contribution in [0.5, 0.6) is 0 Å². The highest BCUT2D eigenvalue weighted by Gasteiger charge is 2.40. The minimum atomic E-state index is -0.981. The molecule has 3 aromatic heterocycles. The van der Waals surface area contributed by atoms with Gasteiger partial charge in [0.15, 0.2) is 5.65 Å². The summed E-state index contributed by atoms with van der Waals surface area (Å²) in [4.78, 5) is 6.54. The molecule has 3 aromatic rings. The van der Waals surface area contributed by atoms with Gasteiger partial charge < -0.3 is 10.0 Å². The number of nitrogens with zero attached hydrogens (tertiary/aromatic N) is 7. The molecule has 0 aliphatic carbocycles. The van der Waals surface area contributed by atoms with Crippen molar-refractivity contribution in [1.82, 2.24) is 29.8 Å². The lowest BCUT2D eigenvalue weighted by atomic mass is 10.00. The van der Waals surface area contributed by atoms with E-state index in [9.17, 15) is 5.11 Å². The fourth-order valence-corrected chi connectivity index (χ4v) is 3.26. The summed E-state index contributed by atoms with van der Waals surface area (Å²) in [6, 6.07) is 2.20. The van der Waals surface area contributed by atoms with E-state index in [2.05, 4.69) is 25.3 Å². The van der Waals surface area contributed by atoms with Gasteiger partial charge in [-0.05, 0) is 19.9 Å². The molecule has 8 heteroatoms. The number of rotatable bonds is 3. The summed E-state index contributed by atoms with van der Waals surface area (Å²) in [6.45, 7) is 5.32. The Morgan fingerprint density at radius 1 is 1.33 bits per heavy atom. The van der Waals surface area contributed by atoms with Gasteiger partial charge in [-0.2, -0.15) is 5.10 Å². The lowest BCUT2D eigenvalue weighted by molar-refractivity contribution is 0.0559. The average Bonchev–Trinajstić information content (AvgIpc) is 3.27. The summed E-state index contributed by atoms with van der Waals surface area (Å²) in [5.41, 5.74) is 1.54. The van der Waals surface area contributed by atoms with Crippen LogP contribution in [0.4, 0.5) is 5.69 Å². The average molecular weight is 327 g/mol. The molecule has 0 bridgehead atoms. The van der Waals surface area contributed by atoms with Crippen molar-refractivity contribution >= 4 is 16.7 Å². The molecule has 4 heterocycles. The van der Waals surface area contributed by atoms with Gasteiger partial charge in [-0.3, -0.25) is 4.68 Å². The summed E-state index contributed by atoms with van der Waals surface area (Å²) in [5, 5.41) is 24.7. The molecule has 0 radical (unpaired) electrons. The molecule has 1 saturated heterocycles. The fourth-order valence-electron chi connectivity index (χ4n) is 3.26. The maximum atomic E-state index is 11.1. The molecule has 1 fully saturated rings. The molecule has 0 aromatic carbocycles. The van der Waals surface area contributed by atoms with E-state index in [-0.39, 0.29) is 6.04 Å². The Hall–Kier alpha value is -2.48. The van der Waals surface area contributed by atoms with E-state index < -0.39 is 5.60 Å². The second-order valence-electron chi connectivity index (χ2n) is 6.72. The Morgan fingerprint density at radius 2 is 2.17 bits per heavy atom. The first-order chi connectivity index (χ1) is 11.5. The van der Waals surface area contributed by atoms with Crippen LogP contribution >= 0.6 is 0 Å². The predicted molar refractivity (Wildman–Crippen MR) is 89.6 cm³/mol. The van der Waals surface area contributed by atoms with Gasteiger partial charge in [0.2, 0.25) is 0 Å². The zero-order valence-corrected chi connectivity index (χ0v) is 14.1. The molecule has 1 N–H and O–H groups in total. The number of β-amino-alcohol motifs (C(OH)–C–C–N with tert-alkyl or cyclic N) is 1. The molecule has 0 unspecified atom stereocenters. The summed E-state index contributed by atoms with van der Waals surface area (Å²) < 4.78 is 3.54. The molecule has 0 saturated carbocycles. The number of fused-ring (bicyclic) bond motifs is 1. The minimum Gasteiger partial charge on any atom is -0.381 e. The van der Waals surface area contributed by atoms with Crippen LogP contribution < -0.4 is 4.90 Å². The number of aromatic nitrogens is 6. The normalized spacial score (nSPS) is 21.3. The van der Waals surface area contributed by atoms with Crippen LogP contribution in [0.25, 0.3) is 11.0 Å². The second-order valence-corrected chi connectivity index (χ2v) is 6.72. The Bertz CT molecular complexity index is 884. The summed E-state index contributed by atoms with van der Waals surface area (Å²) in [6.07, 6.45) is 6.07. The van der Waals surface area contributed by atoms with Crippen molar-refractivity contribution in [3.05, 3.63) is 30.4 Å². The molecule has 1 aliphatic rings. The van der Waals surface area contributed by atoms with E-state index in [1.54, 1.807) is 15.6 Å². The first-order valence-corrected chi connectivity index (χ1v) is 8.14. The van der Waals surface area contributed by atoms with Crippen molar-refractivity contribution in [2.45, 2.75) is 31.9 Å². The van der Waals surface area contributed by atoms with Gasteiger partial charge in [0.25, 0.3) is 0 Å². The molecule has 1 aliphatic heterocycles. The number of pyridine rings is 1. The molecule has 0 spiro atoms. The van der Waals surface area contributed by atoms with E-state index in [0.29, 0.717) is 18.7 Å². The highest BCUT2D eigenvalue weighted by molar-refractivity contribution is 5.89. The summed E-state index contributed by atoms with van der Waals surface area (Å²) in [5.74, 6) is 0. The Balaban J connectivity index is 1.65. The molecule has 8 nitrogen and oxygen atoms in total. The molecule has 1 atom stereocenters. The van der Waals surface area contributed by atoms with Gasteiger partial charge in [-0.1, -0.05) is 5.21 Å². The number of aryl methyl sites for hydroxylation is 1. The van der Waals surface area contributed by atoms with E-state index in [1.165, 1.54) is 0 Å². The quantitative estimate of drug-likeness (QED) is 0.779. The second kappa shape index (κ2) is 5.27. The van der Waals surface area contributed by atoms with Crippen molar-refractivity contribution < 1.29 is 5.11 Å². The van der Waals surface area contributed by atoms with Gasteiger partial charge in [0.1, 0.15) is 11.3 Å². The van der Waals surface area contributed by atoms with E-state index in [4.69, 9.17) is 0 Å². The van der Waals surface area contributed by atoms with Crippen LogP contribution in [-0.2, 0) is 12.6 Å².